The maximum Gasteiger partial charge on any atom is 0.350 e. The molecule has 0 aliphatic heterocycles. The molecule has 0 unspecified atom stereocenters. The van der Waals surface area contributed by atoms with Gasteiger partial charge in [0.25, 0.3) is 0 Å². The molecule has 1 aromatic carbocycles. The smallest absolute Gasteiger partial charge is 0.325 e. The first-order valence-corrected chi connectivity index (χ1v) is 7.59. The van der Waals surface area contributed by atoms with Crippen molar-refractivity contribution in [1.29, 1.82) is 0 Å². The first-order chi connectivity index (χ1) is 11.0. The van der Waals surface area contributed by atoms with E-state index in [1.54, 1.807) is 42.6 Å². The summed E-state index contributed by atoms with van der Waals surface area (Å²) in [5, 5.41) is 7.70. The highest BCUT2D eigenvalue weighted by Crippen LogP contribution is 2.25. The summed E-state index contributed by atoms with van der Waals surface area (Å²) in [6.07, 6.45) is 1.72. The number of halogens is 2. The number of nitrogens with zero attached hydrogens (tertiary/aromatic N) is 3. The Morgan fingerprint density at radius 2 is 2.04 bits per heavy atom. The van der Waals surface area contributed by atoms with Crippen LogP contribution in [-0.4, -0.2) is 20.1 Å². The van der Waals surface area contributed by atoms with Gasteiger partial charge in [-0.25, -0.2) is 9.48 Å². The highest BCUT2D eigenvalue weighted by Gasteiger charge is 2.10. The maximum absolute atomic E-state index is 12.1. The summed E-state index contributed by atoms with van der Waals surface area (Å²) in [7, 11) is 0. The minimum Gasteiger partial charge on any atom is -0.325 e. The predicted molar refractivity (Wildman–Crippen MR) is 89.2 cm³/mol. The molecule has 0 fully saturated rings. The fraction of sp³-hybridized carbons (Fsp3) is 0.133. The average molecular weight is 351 g/mol. The number of aromatic nitrogens is 3. The Kier molecular flexibility index (Phi) is 4.36. The zero-order valence-electron chi connectivity index (χ0n) is 11.9. The number of rotatable bonds is 4. The number of amides is 1. The standard InChI is InChI=1S/C15H12Cl2N4O2/c16-10-4-5-11(17)12(9-10)18-14(22)6-8-21-15(23)20-7-2-1-3-13(20)19-21/h1-5,7,9H,6,8H2,(H,18,22). The van der Waals surface area contributed by atoms with Crippen molar-refractivity contribution in [2.24, 2.45) is 0 Å². The van der Waals surface area contributed by atoms with Crippen LogP contribution in [0.15, 0.2) is 47.4 Å². The van der Waals surface area contributed by atoms with Crippen LogP contribution in [0.1, 0.15) is 6.42 Å². The minimum atomic E-state index is -0.283. The highest BCUT2D eigenvalue weighted by molar-refractivity contribution is 6.35. The lowest BCUT2D eigenvalue weighted by Crippen LogP contribution is -2.24. The number of benzene rings is 1. The van der Waals surface area contributed by atoms with Crippen molar-refractivity contribution in [2.75, 3.05) is 5.32 Å². The van der Waals surface area contributed by atoms with E-state index < -0.39 is 0 Å². The van der Waals surface area contributed by atoms with Crippen LogP contribution in [0, 0.1) is 0 Å². The van der Waals surface area contributed by atoms with Crippen LogP contribution < -0.4 is 11.0 Å². The number of carbonyl (C=O) groups excluding carboxylic acids is 1. The number of nitrogens with one attached hydrogen (secondary N) is 1. The van der Waals surface area contributed by atoms with Gasteiger partial charge in [-0.05, 0) is 30.3 Å². The van der Waals surface area contributed by atoms with E-state index in [1.165, 1.54) is 9.08 Å². The molecule has 0 saturated heterocycles. The molecule has 3 aromatic rings. The molecule has 0 aliphatic rings. The molecule has 0 aliphatic carbocycles. The van der Waals surface area contributed by atoms with Gasteiger partial charge in [-0.15, -0.1) is 5.10 Å². The number of hydrogen-bond donors (Lipinski definition) is 1. The second-order valence-electron chi connectivity index (χ2n) is 4.86. The number of carbonyl (C=O) groups is 1. The first-order valence-electron chi connectivity index (χ1n) is 6.84. The molecule has 0 spiro atoms. The lowest BCUT2D eigenvalue weighted by molar-refractivity contribution is -0.116. The van der Waals surface area contributed by atoms with Crippen molar-refractivity contribution in [3.8, 4) is 0 Å². The van der Waals surface area contributed by atoms with Gasteiger partial charge < -0.3 is 5.32 Å². The molecule has 0 bridgehead atoms. The third-order valence-corrected chi connectivity index (χ3v) is 3.81. The summed E-state index contributed by atoms with van der Waals surface area (Å²) in [4.78, 5) is 24.1. The Bertz CT molecular complexity index is 933. The molecule has 0 saturated carbocycles. The number of aryl methyl sites for hydroxylation is 1. The number of pyridine rings is 1. The van der Waals surface area contributed by atoms with Crippen LogP contribution in [0.2, 0.25) is 10.0 Å². The Morgan fingerprint density at radius 1 is 1.22 bits per heavy atom. The topological polar surface area (TPSA) is 68.4 Å². The summed E-state index contributed by atoms with van der Waals surface area (Å²) in [5.41, 5.74) is 0.691. The highest BCUT2D eigenvalue weighted by atomic mass is 35.5. The molecule has 23 heavy (non-hydrogen) atoms. The number of anilines is 1. The van der Waals surface area contributed by atoms with Crippen LogP contribution >= 0.6 is 23.2 Å². The first kappa shape index (κ1) is 15.6. The van der Waals surface area contributed by atoms with Crippen LogP contribution in [0.3, 0.4) is 0 Å². The van der Waals surface area contributed by atoms with Crippen molar-refractivity contribution in [3.05, 3.63) is 63.1 Å². The molecule has 8 heteroatoms. The summed E-state index contributed by atoms with van der Waals surface area (Å²) >= 11 is 11.9. The van der Waals surface area contributed by atoms with Crippen molar-refractivity contribution in [3.63, 3.8) is 0 Å². The van der Waals surface area contributed by atoms with E-state index in [-0.39, 0.29) is 24.6 Å². The quantitative estimate of drug-likeness (QED) is 0.786. The van der Waals surface area contributed by atoms with Gasteiger partial charge in [0.05, 0.1) is 17.3 Å². The summed E-state index contributed by atoms with van der Waals surface area (Å²) < 4.78 is 2.68. The van der Waals surface area contributed by atoms with Crippen LogP contribution in [0.25, 0.3) is 5.65 Å². The Hall–Kier alpha value is -2.31. The van der Waals surface area contributed by atoms with Gasteiger partial charge in [-0.2, -0.15) is 0 Å². The van der Waals surface area contributed by atoms with Crippen LogP contribution in [0.4, 0.5) is 5.69 Å². The fourth-order valence-corrected chi connectivity index (χ4v) is 2.46. The average Bonchev–Trinajstić information content (AvgIpc) is 2.86. The van der Waals surface area contributed by atoms with Crippen LogP contribution in [-0.2, 0) is 11.3 Å². The Balaban J connectivity index is 1.70. The van der Waals surface area contributed by atoms with E-state index in [0.29, 0.717) is 21.4 Å². The van der Waals surface area contributed by atoms with Gasteiger partial charge in [0, 0.05) is 17.6 Å². The van der Waals surface area contributed by atoms with E-state index in [0.717, 1.165) is 0 Å². The van der Waals surface area contributed by atoms with Gasteiger partial charge in [0.15, 0.2) is 5.65 Å². The van der Waals surface area contributed by atoms with E-state index in [2.05, 4.69) is 10.4 Å². The molecule has 1 amide bonds. The summed E-state index contributed by atoms with van der Waals surface area (Å²) in [5.74, 6) is -0.280. The lowest BCUT2D eigenvalue weighted by Gasteiger charge is -2.07. The van der Waals surface area contributed by atoms with E-state index in [1.807, 2.05) is 0 Å². The molecule has 6 nitrogen and oxygen atoms in total. The molecule has 0 atom stereocenters. The largest absolute Gasteiger partial charge is 0.350 e. The van der Waals surface area contributed by atoms with Crippen molar-refractivity contribution in [2.45, 2.75) is 13.0 Å². The van der Waals surface area contributed by atoms with E-state index >= 15 is 0 Å². The van der Waals surface area contributed by atoms with Gasteiger partial charge in [-0.1, -0.05) is 29.3 Å². The van der Waals surface area contributed by atoms with Gasteiger partial charge in [0.1, 0.15) is 0 Å². The van der Waals surface area contributed by atoms with E-state index in [4.69, 9.17) is 23.2 Å². The molecule has 2 heterocycles. The molecular weight excluding hydrogens is 339 g/mol. The molecule has 118 valence electrons. The van der Waals surface area contributed by atoms with Gasteiger partial charge >= 0.3 is 5.69 Å². The van der Waals surface area contributed by atoms with Gasteiger partial charge in [-0.3, -0.25) is 9.20 Å². The Morgan fingerprint density at radius 3 is 2.83 bits per heavy atom. The SMILES string of the molecule is O=C(CCn1nc2ccccn2c1=O)Nc1cc(Cl)ccc1Cl. The maximum atomic E-state index is 12.1. The van der Waals surface area contributed by atoms with Crippen LogP contribution in [0.5, 0.6) is 0 Å². The zero-order chi connectivity index (χ0) is 16.4. The number of hydrogen-bond acceptors (Lipinski definition) is 3. The number of fused-ring (bicyclic) bond motifs is 1. The summed E-state index contributed by atoms with van der Waals surface area (Å²) in [6, 6.07) is 10.1. The van der Waals surface area contributed by atoms with Crippen molar-refractivity contribution >= 4 is 40.4 Å². The zero-order valence-corrected chi connectivity index (χ0v) is 13.4. The van der Waals surface area contributed by atoms with Crippen molar-refractivity contribution in [1.82, 2.24) is 14.2 Å². The minimum absolute atomic E-state index is 0.0899. The molecular formula is C15H12Cl2N4O2. The lowest BCUT2D eigenvalue weighted by atomic mass is 10.3. The second-order valence-corrected chi connectivity index (χ2v) is 5.70. The Labute approximate surface area is 141 Å². The molecule has 1 N–H and O–H groups in total. The summed E-state index contributed by atoms with van der Waals surface area (Å²) in [6.45, 7) is 0.171. The van der Waals surface area contributed by atoms with Gasteiger partial charge in [0.2, 0.25) is 5.91 Å². The monoisotopic (exact) mass is 350 g/mol. The van der Waals surface area contributed by atoms with E-state index in [9.17, 15) is 9.59 Å². The third-order valence-electron chi connectivity index (χ3n) is 3.24. The second kappa shape index (κ2) is 6.44. The fourth-order valence-electron chi connectivity index (χ4n) is 2.13. The molecule has 0 radical (unpaired) electrons. The molecule has 3 rings (SSSR count). The normalized spacial score (nSPS) is 10.9. The molecule has 2 aromatic heterocycles. The predicted octanol–water partition coefficient (Wildman–Crippen LogP) is 2.83. The third kappa shape index (κ3) is 3.38. The van der Waals surface area contributed by atoms with Crippen molar-refractivity contribution < 1.29 is 4.79 Å².